The normalized spacial score (nSPS) is 14.3. The quantitative estimate of drug-likeness (QED) is 0.541. The van der Waals surface area contributed by atoms with Crippen LogP contribution in [0.25, 0.3) is 22.2 Å². The largest absolute Gasteiger partial charge is 0.369 e. The van der Waals surface area contributed by atoms with Crippen LogP contribution < -0.4 is 10.9 Å². The highest BCUT2D eigenvalue weighted by Crippen LogP contribution is 2.26. The van der Waals surface area contributed by atoms with Gasteiger partial charge in [-0.1, -0.05) is 12.1 Å². The minimum Gasteiger partial charge on any atom is -0.369 e. The summed E-state index contributed by atoms with van der Waals surface area (Å²) in [5.41, 5.74) is 1.59. The summed E-state index contributed by atoms with van der Waals surface area (Å²) in [7, 11) is -1.66. The number of nitrogens with zero attached hydrogens (tertiary/aromatic N) is 4. The van der Waals surface area contributed by atoms with E-state index >= 15 is 0 Å². The predicted molar refractivity (Wildman–Crippen MR) is 122 cm³/mol. The zero-order chi connectivity index (χ0) is 22.9. The second kappa shape index (κ2) is 8.70. The molecule has 0 saturated carbocycles. The fourth-order valence-corrected chi connectivity index (χ4v) is 4.42. The molecule has 1 aliphatic heterocycles. The molecule has 0 aliphatic carbocycles. The van der Waals surface area contributed by atoms with Gasteiger partial charge in [0.2, 0.25) is 5.91 Å². The molecule has 1 fully saturated rings. The number of carbonyl (C=O) groups is 1. The van der Waals surface area contributed by atoms with Crippen molar-refractivity contribution in [3.63, 3.8) is 0 Å². The number of amides is 1. The van der Waals surface area contributed by atoms with E-state index in [0.29, 0.717) is 47.5 Å². The van der Waals surface area contributed by atoms with Crippen LogP contribution in [-0.4, -0.2) is 59.6 Å². The molecule has 0 bridgehead atoms. The Balaban J connectivity index is 1.64. The molecule has 0 atom stereocenters. The van der Waals surface area contributed by atoms with E-state index in [4.69, 9.17) is 0 Å². The summed E-state index contributed by atoms with van der Waals surface area (Å²) >= 11 is 0. The first-order valence-electron chi connectivity index (χ1n) is 10.4. The molecule has 3 heterocycles. The topological polar surface area (TPSA) is 114 Å². The van der Waals surface area contributed by atoms with Crippen molar-refractivity contribution in [2.75, 3.05) is 31.2 Å². The van der Waals surface area contributed by atoms with Gasteiger partial charge in [-0.2, -0.15) is 0 Å². The third kappa shape index (κ3) is 4.50. The van der Waals surface area contributed by atoms with Crippen molar-refractivity contribution in [1.82, 2.24) is 19.4 Å². The van der Waals surface area contributed by atoms with Gasteiger partial charge in [0.15, 0.2) is 9.84 Å². The summed E-state index contributed by atoms with van der Waals surface area (Å²) in [5, 5.41) is 3.63. The molecule has 32 heavy (non-hydrogen) atoms. The summed E-state index contributed by atoms with van der Waals surface area (Å²) in [6, 6.07) is 8.17. The summed E-state index contributed by atoms with van der Waals surface area (Å²) < 4.78 is 24.9. The van der Waals surface area contributed by atoms with Crippen LogP contribution in [0.5, 0.6) is 0 Å². The highest BCUT2D eigenvalue weighted by atomic mass is 32.2. The third-order valence-electron chi connectivity index (χ3n) is 5.55. The van der Waals surface area contributed by atoms with E-state index in [1.165, 1.54) is 23.0 Å². The van der Waals surface area contributed by atoms with Crippen LogP contribution in [-0.2, 0) is 21.7 Å². The lowest BCUT2D eigenvalue weighted by molar-refractivity contribution is -0.127. The first-order valence-corrected chi connectivity index (χ1v) is 12.3. The number of nitrogens with one attached hydrogen (secondary N) is 1. The standard InChI is InChI=1S/C22H25N5O4S/c1-26-14-24-18-13-17(15-6-8-16(9-7-15)32(2,30)31)25-21(20(18)22(26)29)23-10-4-12-27-11-3-5-19(27)28/h6-9,13-14H,3-5,10-12H2,1-2H3,(H,23,25). The zero-order valence-corrected chi connectivity index (χ0v) is 18.9. The van der Waals surface area contributed by atoms with Gasteiger partial charge in [-0.3, -0.25) is 9.59 Å². The molecular formula is C22H25N5O4S. The highest BCUT2D eigenvalue weighted by molar-refractivity contribution is 7.90. The van der Waals surface area contributed by atoms with Crippen LogP contribution in [0.3, 0.4) is 0 Å². The Morgan fingerprint density at radius 2 is 1.91 bits per heavy atom. The molecule has 1 saturated heterocycles. The molecule has 2 aromatic heterocycles. The maximum Gasteiger partial charge on any atom is 0.264 e. The van der Waals surface area contributed by atoms with Gasteiger partial charge in [0.1, 0.15) is 11.2 Å². The van der Waals surface area contributed by atoms with Crippen molar-refractivity contribution in [2.45, 2.75) is 24.2 Å². The molecule has 1 aromatic carbocycles. The minimum atomic E-state index is -3.30. The van der Waals surface area contributed by atoms with E-state index in [1.54, 1.807) is 25.2 Å². The predicted octanol–water partition coefficient (Wildman–Crippen LogP) is 1.82. The van der Waals surface area contributed by atoms with Crippen molar-refractivity contribution < 1.29 is 13.2 Å². The molecule has 168 valence electrons. The van der Waals surface area contributed by atoms with Crippen molar-refractivity contribution in [3.05, 3.63) is 47.0 Å². The Morgan fingerprint density at radius 3 is 2.56 bits per heavy atom. The van der Waals surface area contributed by atoms with Gasteiger partial charge in [-0.25, -0.2) is 18.4 Å². The zero-order valence-electron chi connectivity index (χ0n) is 18.0. The molecule has 0 unspecified atom stereocenters. The number of aromatic nitrogens is 3. The van der Waals surface area contributed by atoms with E-state index in [-0.39, 0.29) is 16.4 Å². The summed E-state index contributed by atoms with van der Waals surface area (Å²) in [6.07, 6.45) is 4.86. The molecule has 10 heteroatoms. The van der Waals surface area contributed by atoms with Gasteiger partial charge in [0.25, 0.3) is 5.56 Å². The number of carbonyl (C=O) groups excluding carboxylic acids is 1. The van der Waals surface area contributed by atoms with Crippen molar-refractivity contribution in [2.24, 2.45) is 7.05 Å². The molecule has 1 aliphatic rings. The molecule has 4 rings (SSSR count). The number of hydrogen-bond donors (Lipinski definition) is 1. The van der Waals surface area contributed by atoms with Crippen LogP contribution in [0.15, 0.2) is 46.3 Å². The summed E-state index contributed by atoms with van der Waals surface area (Å²) in [5.74, 6) is 0.609. The van der Waals surface area contributed by atoms with Gasteiger partial charge in [0.05, 0.1) is 22.4 Å². The van der Waals surface area contributed by atoms with Crippen LogP contribution in [0.2, 0.25) is 0 Å². The second-order valence-electron chi connectivity index (χ2n) is 7.97. The van der Waals surface area contributed by atoms with E-state index in [0.717, 1.165) is 25.6 Å². The number of anilines is 1. The van der Waals surface area contributed by atoms with Crippen LogP contribution >= 0.6 is 0 Å². The summed E-state index contributed by atoms with van der Waals surface area (Å²) in [4.78, 5) is 35.7. The van der Waals surface area contributed by atoms with Gasteiger partial charge in [-0.05, 0) is 31.0 Å². The van der Waals surface area contributed by atoms with Crippen LogP contribution in [0.1, 0.15) is 19.3 Å². The molecule has 0 radical (unpaired) electrons. The lowest BCUT2D eigenvalue weighted by atomic mass is 10.1. The smallest absolute Gasteiger partial charge is 0.264 e. The number of sulfone groups is 1. The molecule has 1 amide bonds. The van der Waals surface area contributed by atoms with E-state index in [2.05, 4.69) is 15.3 Å². The van der Waals surface area contributed by atoms with Gasteiger partial charge >= 0.3 is 0 Å². The summed E-state index contributed by atoms with van der Waals surface area (Å²) in [6.45, 7) is 2.00. The van der Waals surface area contributed by atoms with E-state index in [1.807, 2.05) is 4.90 Å². The number of pyridine rings is 1. The number of benzene rings is 1. The molecule has 1 N–H and O–H groups in total. The Labute approximate surface area is 186 Å². The maximum absolute atomic E-state index is 12.8. The van der Waals surface area contributed by atoms with Gasteiger partial charge < -0.3 is 14.8 Å². The highest BCUT2D eigenvalue weighted by Gasteiger charge is 2.19. The average molecular weight is 456 g/mol. The van der Waals surface area contributed by atoms with Crippen molar-refractivity contribution in [3.8, 4) is 11.3 Å². The fourth-order valence-electron chi connectivity index (χ4n) is 3.79. The Morgan fingerprint density at radius 1 is 1.16 bits per heavy atom. The molecule has 3 aromatic rings. The fraction of sp³-hybridized carbons (Fsp3) is 0.364. The molecule has 0 spiro atoms. The first-order chi connectivity index (χ1) is 15.2. The second-order valence-corrected chi connectivity index (χ2v) is 9.99. The monoisotopic (exact) mass is 455 g/mol. The van der Waals surface area contributed by atoms with Crippen molar-refractivity contribution in [1.29, 1.82) is 0 Å². The molecule has 9 nitrogen and oxygen atoms in total. The Hall–Kier alpha value is -3.27. The number of likely N-dealkylation sites (tertiary alicyclic amines) is 1. The Kier molecular flexibility index (Phi) is 5.96. The van der Waals surface area contributed by atoms with Crippen molar-refractivity contribution >= 4 is 32.5 Å². The lowest BCUT2D eigenvalue weighted by Crippen LogP contribution is -2.27. The number of fused-ring (bicyclic) bond motifs is 1. The first kappa shape index (κ1) is 21.9. The minimum absolute atomic E-state index is 0.186. The lowest BCUT2D eigenvalue weighted by Gasteiger charge is -2.16. The van der Waals surface area contributed by atoms with Gasteiger partial charge in [-0.15, -0.1) is 0 Å². The van der Waals surface area contributed by atoms with Gasteiger partial charge in [0, 0.05) is 44.9 Å². The number of rotatable bonds is 7. The van der Waals surface area contributed by atoms with Crippen LogP contribution in [0, 0.1) is 0 Å². The average Bonchev–Trinajstić information content (AvgIpc) is 3.17. The third-order valence-corrected chi connectivity index (χ3v) is 6.68. The van der Waals surface area contributed by atoms with Crippen LogP contribution in [0.4, 0.5) is 5.82 Å². The Bertz CT molecular complexity index is 1330. The number of hydrogen-bond acceptors (Lipinski definition) is 7. The number of aryl methyl sites for hydroxylation is 1. The van der Waals surface area contributed by atoms with E-state index < -0.39 is 9.84 Å². The van der Waals surface area contributed by atoms with E-state index in [9.17, 15) is 18.0 Å². The molecular weight excluding hydrogens is 430 g/mol. The maximum atomic E-state index is 12.8. The SMILES string of the molecule is Cn1cnc2cc(-c3ccc(S(C)(=O)=O)cc3)nc(NCCCN3CCCC3=O)c2c1=O.